The number of pyridine rings is 1. The van der Waals surface area contributed by atoms with Gasteiger partial charge in [-0.3, -0.25) is 14.7 Å². The third-order valence-electron chi connectivity index (χ3n) is 4.21. The summed E-state index contributed by atoms with van der Waals surface area (Å²) in [6, 6.07) is 11.4. The number of aromatic nitrogens is 1. The van der Waals surface area contributed by atoms with Gasteiger partial charge in [-0.1, -0.05) is 18.2 Å². The van der Waals surface area contributed by atoms with Crippen molar-refractivity contribution in [3.8, 4) is 5.75 Å². The number of nitrogens with one attached hydrogen (secondary N) is 1. The molecule has 22 heavy (non-hydrogen) atoms. The maximum absolute atomic E-state index is 12.6. The first-order valence-corrected chi connectivity index (χ1v) is 7.49. The van der Waals surface area contributed by atoms with Crippen molar-refractivity contribution in [1.29, 1.82) is 0 Å². The maximum atomic E-state index is 12.6. The SMILES string of the molecule is O=C1Nc2ccccc2O[C@H]2C[C@@H]1N(Cc1cccnc1)C2. The van der Waals surface area contributed by atoms with E-state index in [1.54, 1.807) is 6.20 Å². The van der Waals surface area contributed by atoms with E-state index in [1.165, 1.54) is 0 Å². The van der Waals surface area contributed by atoms with Crippen LogP contribution in [0.1, 0.15) is 12.0 Å². The molecule has 5 heteroatoms. The molecule has 1 aromatic heterocycles. The average Bonchev–Trinajstić information content (AvgIpc) is 2.93. The van der Waals surface area contributed by atoms with E-state index in [-0.39, 0.29) is 18.1 Å². The van der Waals surface area contributed by atoms with Crippen LogP contribution in [0.3, 0.4) is 0 Å². The van der Waals surface area contributed by atoms with Crippen molar-refractivity contribution < 1.29 is 9.53 Å². The van der Waals surface area contributed by atoms with Crippen LogP contribution in [-0.2, 0) is 11.3 Å². The van der Waals surface area contributed by atoms with E-state index in [0.29, 0.717) is 6.54 Å². The molecule has 1 fully saturated rings. The average molecular weight is 295 g/mol. The highest BCUT2D eigenvalue weighted by atomic mass is 16.5. The molecule has 2 atom stereocenters. The van der Waals surface area contributed by atoms with Gasteiger partial charge in [0.15, 0.2) is 0 Å². The minimum Gasteiger partial charge on any atom is -0.487 e. The lowest BCUT2D eigenvalue weighted by atomic mass is 10.1. The van der Waals surface area contributed by atoms with Crippen molar-refractivity contribution in [3.05, 3.63) is 54.4 Å². The number of likely N-dealkylation sites (tertiary alicyclic amines) is 1. The van der Waals surface area contributed by atoms with Crippen LogP contribution in [0.25, 0.3) is 0 Å². The van der Waals surface area contributed by atoms with Crippen LogP contribution in [0.15, 0.2) is 48.8 Å². The lowest BCUT2D eigenvalue weighted by Gasteiger charge is -2.23. The van der Waals surface area contributed by atoms with Crippen molar-refractivity contribution in [2.24, 2.45) is 0 Å². The van der Waals surface area contributed by atoms with Gasteiger partial charge in [-0.2, -0.15) is 0 Å². The van der Waals surface area contributed by atoms with Crippen LogP contribution in [0.2, 0.25) is 0 Å². The molecule has 2 aliphatic heterocycles. The van der Waals surface area contributed by atoms with Crippen LogP contribution in [0, 0.1) is 0 Å². The first-order chi connectivity index (χ1) is 10.8. The lowest BCUT2D eigenvalue weighted by Crippen LogP contribution is -2.39. The van der Waals surface area contributed by atoms with Gasteiger partial charge in [0.25, 0.3) is 0 Å². The predicted molar refractivity (Wildman–Crippen MR) is 82.5 cm³/mol. The second-order valence-electron chi connectivity index (χ2n) is 5.77. The first-order valence-electron chi connectivity index (χ1n) is 7.49. The summed E-state index contributed by atoms with van der Waals surface area (Å²) >= 11 is 0. The highest BCUT2D eigenvalue weighted by Crippen LogP contribution is 2.33. The molecule has 1 aromatic carbocycles. The molecule has 1 saturated heterocycles. The quantitative estimate of drug-likeness (QED) is 0.921. The molecular formula is C17H17N3O2. The number of anilines is 1. The van der Waals surface area contributed by atoms with Crippen LogP contribution >= 0.6 is 0 Å². The van der Waals surface area contributed by atoms with E-state index in [4.69, 9.17) is 4.74 Å². The highest BCUT2D eigenvalue weighted by molar-refractivity contribution is 5.96. The minimum atomic E-state index is -0.154. The number of rotatable bonds is 2. The van der Waals surface area contributed by atoms with E-state index < -0.39 is 0 Å². The number of carbonyl (C=O) groups is 1. The Bertz CT molecular complexity index is 689. The van der Waals surface area contributed by atoms with Gasteiger partial charge in [0, 0.05) is 31.9 Å². The topological polar surface area (TPSA) is 54.5 Å². The van der Waals surface area contributed by atoms with Gasteiger partial charge in [0.05, 0.1) is 11.7 Å². The summed E-state index contributed by atoms with van der Waals surface area (Å²) < 4.78 is 6.07. The molecule has 4 rings (SSSR count). The molecule has 3 heterocycles. The Morgan fingerprint density at radius 3 is 3.05 bits per heavy atom. The smallest absolute Gasteiger partial charge is 0.241 e. The second kappa shape index (κ2) is 5.42. The Hall–Kier alpha value is -2.40. The number of nitrogens with zero attached hydrogens (tertiary/aromatic N) is 2. The number of fused-ring (bicyclic) bond motifs is 3. The Morgan fingerprint density at radius 2 is 2.18 bits per heavy atom. The molecule has 1 N–H and O–H groups in total. The van der Waals surface area contributed by atoms with E-state index in [9.17, 15) is 4.79 Å². The van der Waals surface area contributed by atoms with Gasteiger partial charge < -0.3 is 10.1 Å². The number of hydrogen-bond donors (Lipinski definition) is 1. The Labute approximate surface area is 128 Å². The van der Waals surface area contributed by atoms with Gasteiger partial charge in [0.2, 0.25) is 5.91 Å². The molecule has 2 aromatic rings. The van der Waals surface area contributed by atoms with Gasteiger partial charge in [-0.15, -0.1) is 0 Å². The summed E-state index contributed by atoms with van der Waals surface area (Å²) in [7, 11) is 0. The summed E-state index contributed by atoms with van der Waals surface area (Å²) in [5, 5.41) is 2.98. The zero-order valence-corrected chi connectivity index (χ0v) is 12.1. The molecule has 0 unspecified atom stereocenters. The van der Waals surface area contributed by atoms with Crippen LogP contribution in [0.4, 0.5) is 5.69 Å². The monoisotopic (exact) mass is 295 g/mol. The minimum absolute atomic E-state index is 0.0436. The second-order valence-corrected chi connectivity index (χ2v) is 5.77. The third-order valence-corrected chi connectivity index (χ3v) is 4.21. The Kier molecular flexibility index (Phi) is 3.27. The van der Waals surface area contributed by atoms with Crippen LogP contribution in [0.5, 0.6) is 5.75 Å². The fraction of sp³-hybridized carbons (Fsp3) is 0.294. The molecule has 0 aliphatic carbocycles. The molecule has 1 amide bonds. The third kappa shape index (κ3) is 2.44. The van der Waals surface area contributed by atoms with Gasteiger partial charge >= 0.3 is 0 Å². The molecular weight excluding hydrogens is 278 g/mol. The highest BCUT2D eigenvalue weighted by Gasteiger charge is 2.39. The summed E-state index contributed by atoms with van der Waals surface area (Å²) in [4.78, 5) is 18.9. The predicted octanol–water partition coefficient (Wildman–Crippen LogP) is 2.06. The van der Waals surface area contributed by atoms with Gasteiger partial charge in [0.1, 0.15) is 11.9 Å². The number of hydrogen-bond acceptors (Lipinski definition) is 4. The summed E-state index contributed by atoms with van der Waals surface area (Å²) in [5.74, 6) is 0.796. The fourth-order valence-electron chi connectivity index (χ4n) is 3.19. The lowest BCUT2D eigenvalue weighted by molar-refractivity contribution is -0.120. The summed E-state index contributed by atoms with van der Waals surface area (Å²) in [6.45, 7) is 1.46. The molecule has 0 spiro atoms. The van der Waals surface area contributed by atoms with Gasteiger partial charge in [-0.25, -0.2) is 0 Å². The molecule has 0 radical (unpaired) electrons. The van der Waals surface area contributed by atoms with Crippen molar-refractivity contribution in [3.63, 3.8) is 0 Å². The maximum Gasteiger partial charge on any atom is 0.241 e. The summed E-state index contributed by atoms with van der Waals surface area (Å²) in [6.07, 6.45) is 4.38. The van der Waals surface area contributed by atoms with E-state index in [0.717, 1.165) is 30.0 Å². The van der Waals surface area contributed by atoms with E-state index in [1.807, 2.05) is 42.6 Å². The number of carbonyl (C=O) groups excluding carboxylic acids is 1. The number of benzene rings is 1. The number of amides is 1. The summed E-state index contributed by atoms with van der Waals surface area (Å²) in [5.41, 5.74) is 1.86. The zero-order valence-electron chi connectivity index (χ0n) is 12.1. The Morgan fingerprint density at radius 1 is 1.27 bits per heavy atom. The largest absolute Gasteiger partial charge is 0.487 e. The van der Waals surface area contributed by atoms with Crippen molar-refractivity contribution >= 4 is 11.6 Å². The van der Waals surface area contributed by atoms with E-state index in [2.05, 4.69) is 15.2 Å². The zero-order chi connectivity index (χ0) is 14.9. The van der Waals surface area contributed by atoms with E-state index >= 15 is 0 Å². The van der Waals surface area contributed by atoms with Gasteiger partial charge in [-0.05, 0) is 23.8 Å². The molecule has 112 valence electrons. The molecule has 2 bridgehead atoms. The van der Waals surface area contributed by atoms with Crippen LogP contribution < -0.4 is 10.1 Å². The normalized spacial score (nSPS) is 23.9. The number of para-hydroxylation sites is 2. The Balaban J connectivity index is 1.59. The number of ether oxygens (including phenoxy) is 1. The standard InChI is InChI=1S/C17H17N3O2/c21-17-15-8-13(22-16-6-2-1-5-14(16)19-17)11-20(15)10-12-4-3-7-18-9-12/h1-7,9,13,15H,8,10-11H2,(H,19,21)/t13-,15-/m0/s1. The molecule has 0 saturated carbocycles. The fourth-order valence-corrected chi connectivity index (χ4v) is 3.19. The van der Waals surface area contributed by atoms with Crippen LogP contribution in [-0.4, -0.2) is 34.5 Å². The van der Waals surface area contributed by atoms with Crippen molar-refractivity contribution in [2.75, 3.05) is 11.9 Å². The molecule has 2 aliphatic rings. The van der Waals surface area contributed by atoms with Crippen molar-refractivity contribution in [2.45, 2.75) is 25.1 Å². The molecule has 5 nitrogen and oxygen atoms in total. The van der Waals surface area contributed by atoms with Crippen molar-refractivity contribution in [1.82, 2.24) is 9.88 Å². The first kappa shape index (κ1) is 13.3.